The molecule has 3 heteroatoms. The summed E-state index contributed by atoms with van der Waals surface area (Å²) in [7, 11) is 0. The van der Waals surface area contributed by atoms with Crippen LogP contribution in [0.25, 0.3) is 0 Å². The predicted octanol–water partition coefficient (Wildman–Crippen LogP) is 4.58. The van der Waals surface area contributed by atoms with Crippen molar-refractivity contribution in [3.05, 3.63) is 57.7 Å². The van der Waals surface area contributed by atoms with Gasteiger partial charge in [0.05, 0.1) is 0 Å². The van der Waals surface area contributed by atoms with Crippen LogP contribution in [0.4, 0.5) is 0 Å². The van der Waals surface area contributed by atoms with Gasteiger partial charge in [-0.05, 0) is 52.9 Å². The Hall–Kier alpha value is -1.07. The van der Waals surface area contributed by atoms with E-state index in [9.17, 15) is 0 Å². The van der Waals surface area contributed by atoms with E-state index in [1.165, 1.54) is 9.13 Å². The van der Waals surface area contributed by atoms with Gasteiger partial charge >= 0.3 is 0 Å². The van der Waals surface area contributed by atoms with E-state index in [2.05, 4.69) is 47.8 Å². The highest BCUT2D eigenvalue weighted by Gasteiger charge is 2.05. The molecule has 0 aliphatic heterocycles. The zero-order chi connectivity index (χ0) is 13.7. The number of hydrogen-bond acceptors (Lipinski definition) is 2. The first-order chi connectivity index (χ1) is 9.15. The van der Waals surface area contributed by atoms with Gasteiger partial charge in [-0.25, -0.2) is 0 Å². The van der Waals surface area contributed by atoms with Gasteiger partial charge < -0.3 is 10.1 Å². The van der Waals surface area contributed by atoms with E-state index in [0.29, 0.717) is 6.04 Å². The number of ether oxygens (including phenoxy) is 1. The molecule has 0 saturated heterocycles. The summed E-state index contributed by atoms with van der Waals surface area (Å²) in [6.45, 7) is 5.10. The zero-order valence-electron chi connectivity index (χ0n) is 11.2. The molecule has 0 bridgehead atoms. The van der Waals surface area contributed by atoms with Crippen LogP contribution in [-0.4, -0.2) is 6.04 Å². The van der Waals surface area contributed by atoms with E-state index in [-0.39, 0.29) is 0 Å². The zero-order valence-corrected chi connectivity index (χ0v) is 13.3. The fourth-order valence-corrected chi connectivity index (χ4v) is 2.05. The minimum absolute atomic E-state index is 0.464. The monoisotopic (exact) mass is 367 g/mol. The third kappa shape index (κ3) is 4.51. The standard InChI is InChI=1S/C16H18INO/c1-12(2)18-11-13-5-3-4-6-16(13)19-15-9-7-14(17)8-10-15/h3-10,12,18H,11H2,1-2H3. The summed E-state index contributed by atoms with van der Waals surface area (Å²) in [5.74, 6) is 1.79. The second-order valence-electron chi connectivity index (χ2n) is 4.70. The molecule has 2 aromatic carbocycles. The van der Waals surface area contributed by atoms with Crippen LogP contribution in [0.2, 0.25) is 0 Å². The maximum Gasteiger partial charge on any atom is 0.131 e. The molecule has 0 unspecified atom stereocenters. The molecule has 0 fully saturated rings. The highest BCUT2D eigenvalue weighted by Crippen LogP contribution is 2.25. The fraction of sp³-hybridized carbons (Fsp3) is 0.250. The average molecular weight is 367 g/mol. The minimum Gasteiger partial charge on any atom is -0.457 e. The van der Waals surface area contributed by atoms with Gasteiger partial charge in [-0.3, -0.25) is 0 Å². The van der Waals surface area contributed by atoms with E-state index in [4.69, 9.17) is 4.74 Å². The Morgan fingerprint density at radius 1 is 1.05 bits per heavy atom. The van der Waals surface area contributed by atoms with Gasteiger partial charge in [0.1, 0.15) is 11.5 Å². The van der Waals surface area contributed by atoms with Crippen LogP contribution in [0.5, 0.6) is 11.5 Å². The van der Waals surface area contributed by atoms with Crippen LogP contribution >= 0.6 is 22.6 Å². The SMILES string of the molecule is CC(C)NCc1ccccc1Oc1ccc(I)cc1. The van der Waals surface area contributed by atoms with Crippen LogP contribution in [0.1, 0.15) is 19.4 Å². The molecule has 0 radical (unpaired) electrons. The van der Waals surface area contributed by atoms with Crippen molar-refractivity contribution in [1.82, 2.24) is 5.32 Å². The Bertz CT molecular complexity index is 523. The molecule has 0 heterocycles. The van der Waals surface area contributed by atoms with Gasteiger partial charge in [0, 0.05) is 21.7 Å². The molecule has 0 aliphatic rings. The number of para-hydroxylation sites is 1. The maximum atomic E-state index is 5.95. The van der Waals surface area contributed by atoms with Gasteiger partial charge in [0.15, 0.2) is 0 Å². The van der Waals surface area contributed by atoms with Crippen molar-refractivity contribution in [2.75, 3.05) is 0 Å². The highest BCUT2D eigenvalue weighted by molar-refractivity contribution is 14.1. The van der Waals surface area contributed by atoms with Gasteiger partial charge in [0.25, 0.3) is 0 Å². The molecule has 0 aliphatic carbocycles. The average Bonchev–Trinajstić information content (AvgIpc) is 2.40. The van der Waals surface area contributed by atoms with Crippen molar-refractivity contribution < 1.29 is 4.74 Å². The molecule has 2 nitrogen and oxygen atoms in total. The molecular formula is C16H18INO. The third-order valence-electron chi connectivity index (χ3n) is 2.71. The molecular weight excluding hydrogens is 349 g/mol. The molecule has 19 heavy (non-hydrogen) atoms. The Labute approximate surface area is 128 Å². The molecule has 100 valence electrons. The van der Waals surface area contributed by atoms with Crippen molar-refractivity contribution >= 4 is 22.6 Å². The van der Waals surface area contributed by atoms with Crippen LogP contribution in [-0.2, 0) is 6.54 Å². The number of rotatable bonds is 5. The topological polar surface area (TPSA) is 21.3 Å². The molecule has 2 rings (SSSR count). The summed E-state index contributed by atoms with van der Waals surface area (Å²) in [6.07, 6.45) is 0. The quantitative estimate of drug-likeness (QED) is 0.781. The summed E-state index contributed by atoms with van der Waals surface area (Å²) >= 11 is 2.29. The first kappa shape index (κ1) is 14.3. The smallest absolute Gasteiger partial charge is 0.131 e. The van der Waals surface area contributed by atoms with E-state index < -0.39 is 0 Å². The van der Waals surface area contributed by atoms with Crippen LogP contribution in [0.15, 0.2) is 48.5 Å². The molecule has 0 spiro atoms. The Morgan fingerprint density at radius 2 is 1.74 bits per heavy atom. The van der Waals surface area contributed by atoms with E-state index >= 15 is 0 Å². The van der Waals surface area contributed by atoms with Gasteiger partial charge in [-0.2, -0.15) is 0 Å². The fourth-order valence-electron chi connectivity index (χ4n) is 1.69. The second kappa shape index (κ2) is 6.91. The number of halogens is 1. The number of nitrogens with one attached hydrogen (secondary N) is 1. The molecule has 0 aromatic heterocycles. The lowest BCUT2D eigenvalue weighted by Gasteiger charge is -2.13. The largest absolute Gasteiger partial charge is 0.457 e. The lowest BCUT2D eigenvalue weighted by Crippen LogP contribution is -2.22. The third-order valence-corrected chi connectivity index (χ3v) is 3.43. The Kier molecular flexibility index (Phi) is 5.22. The van der Waals surface area contributed by atoms with Gasteiger partial charge in [0.2, 0.25) is 0 Å². The molecule has 1 N–H and O–H groups in total. The van der Waals surface area contributed by atoms with Crippen molar-refractivity contribution in [2.45, 2.75) is 26.4 Å². The van der Waals surface area contributed by atoms with Crippen LogP contribution in [0.3, 0.4) is 0 Å². The predicted molar refractivity (Wildman–Crippen MR) is 87.7 cm³/mol. The van der Waals surface area contributed by atoms with Crippen LogP contribution < -0.4 is 10.1 Å². The van der Waals surface area contributed by atoms with Crippen molar-refractivity contribution in [2.24, 2.45) is 0 Å². The summed E-state index contributed by atoms with van der Waals surface area (Å²) in [5.41, 5.74) is 1.18. The lowest BCUT2D eigenvalue weighted by molar-refractivity contribution is 0.469. The van der Waals surface area contributed by atoms with Crippen molar-refractivity contribution in [3.63, 3.8) is 0 Å². The molecule has 0 atom stereocenters. The van der Waals surface area contributed by atoms with Crippen LogP contribution in [0, 0.1) is 3.57 Å². The summed E-state index contributed by atoms with van der Waals surface area (Å²) < 4.78 is 7.16. The molecule has 2 aromatic rings. The summed E-state index contributed by atoms with van der Waals surface area (Å²) in [5, 5.41) is 3.42. The highest BCUT2D eigenvalue weighted by atomic mass is 127. The molecule has 0 amide bonds. The lowest BCUT2D eigenvalue weighted by atomic mass is 10.2. The summed E-state index contributed by atoms with van der Waals surface area (Å²) in [6, 6.07) is 16.7. The van der Waals surface area contributed by atoms with Crippen molar-refractivity contribution in [1.29, 1.82) is 0 Å². The van der Waals surface area contributed by atoms with Crippen molar-refractivity contribution in [3.8, 4) is 11.5 Å². The first-order valence-electron chi connectivity index (χ1n) is 6.40. The van der Waals surface area contributed by atoms with E-state index in [1.807, 2.05) is 42.5 Å². The van der Waals surface area contributed by atoms with Gasteiger partial charge in [-0.15, -0.1) is 0 Å². The van der Waals surface area contributed by atoms with E-state index in [0.717, 1.165) is 18.0 Å². The molecule has 0 saturated carbocycles. The summed E-state index contributed by atoms with van der Waals surface area (Å²) in [4.78, 5) is 0. The minimum atomic E-state index is 0.464. The Morgan fingerprint density at radius 3 is 2.42 bits per heavy atom. The normalized spacial score (nSPS) is 10.7. The maximum absolute atomic E-state index is 5.95. The second-order valence-corrected chi connectivity index (χ2v) is 5.94. The Balaban J connectivity index is 2.13. The van der Waals surface area contributed by atoms with E-state index in [1.54, 1.807) is 0 Å². The first-order valence-corrected chi connectivity index (χ1v) is 7.48. The number of hydrogen-bond donors (Lipinski definition) is 1. The number of benzene rings is 2. The van der Waals surface area contributed by atoms with Gasteiger partial charge in [-0.1, -0.05) is 32.0 Å².